The number of aromatic nitrogens is 1. The largest absolute Gasteiger partial charge is 0.465 e. The van der Waals surface area contributed by atoms with E-state index in [9.17, 15) is 43.8 Å². The van der Waals surface area contributed by atoms with Crippen LogP contribution in [0.1, 0.15) is 87.7 Å². The lowest BCUT2D eigenvalue weighted by molar-refractivity contribution is -0.386. The van der Waals surface area contributed by atoms with Crippen molar-refractivity contribution in [2.24, 2.45) is 17.3 Å². The van der Waals surface area contributed by atoms with Gasteiger partial charge in [0.2, 0.25) is 0 Å². The molecule has 2 N–H and O–H groups in total. The van der Waals surface area contributed by atoms with Gasteiger partial charge in [0.05, 0.1) is 34.8 Å². The Bertz CT molecular complexity index is 2040. The van der Waals surface area contributed by atoms with E-state index in [4.69, 9.17) is 37.9 Å². The van der Waals surface area contributed by atoms with Crippen molar-refractivity contribution in [1.29, 1.82) is 0 Å². The van der Waals surface area contributed by atoms with Crippen LogP contribution in [0.3, 0.4) is 0 Å². The fraction of sp³-hybridized carbons (Fsp3) is 0.561. The Balaban J connectivity index is 1.75. The summed E-state index contributed by atoms with van der Waals surface area (Å²) in [5, 5.41) is 26.3. The summed E-state index contributed by atoms with van der Waals surface area (Å²) in [6.07, 6.45) is -10.8. The Kier molecular flexibility index (Phi) is 11.4. The number of cyclic esters (lactones) is 1. The third kappa shape index (κ3) is 6.89. The predicted octanol–water partition coefficient (Wildman–Crippen LogP) is 1.76. The fourth-order valence-corrected chi connectivity index (χ4v) is 9.53. The van der Waals surface area contributed by atoms with E-state index in [-0.39, 0.29) is 16.8 Å². The molecule has 6 rings (SSSR count). The lowest BCUT2D eigenvalue weighted by atomic mass is 9.45. The summed E-state index contributed by atoms with van der Waals surface area (Å²) in [4.78, 5) is 99.3. The molecule has 4 bridgehead atoms. The van der Waals surface area contributed by atoms with E-state index in [2.05, 4.69) is 4.98 Å². The Hall–Kier alpha value is -5.46. The van der Waals surface area contributed by atoms with Gasteiger partial charge in [-0.2, -0.15) is 0 Å². The number of hydrogen-bond acceptors (Lipinski definition) is 18. The van der Waals surface area contributed by atoms with Crippen molar-refractivity contribution in [3.8, 4) is 0 Å². The van der Waals surface area contributed by atoms with E-state index in [0.717, 1.165) is 34.6 Å². The Labute approximate surface area is 338 Å². The highest BCUT2D eigenvalue weighted by atomic mass is 16.7. The number of aliphatic hydroxyl groups is 2. The molecular weight excluding hydrogens is 778 g/mol. The average Bonchev–Trinajstić information content (AvgIpc) is 3.37. The molecule has 13 unspecified atom stereocenters. The molecule has 1 aromatic heterocycles. The lowest BCUT2D eigenvalue weighted by Crippen LogP contribution is -2.89. The van der Waals surface area contributed by atoms with Crippen LogP contribution in [0.15, 0.2) is 48.7 Å². The number of carbonyl (C=O) groups is 7. The topological polar surface area (TPSA) is 247 Å². The Morgan fingerprint density at radius 3 is 2.02 bits per heavy atom. The van der Waals surface area contributed by atoms with Crippen molar-refractivity contribution in [2.75, 3.05) is 13.2 Å². The number of fused-ring (bicyclic) bond motifs is 5. The molecule has 59 heavy (non-hydrogen) atoms. The highest BCUT2D eigenvalue weighted by Gasteiger charge is 2.91. The fourth-order valence-electron chi connectivity index (χ4n) is 9.53. The van der Waals surface area contributed by atoms with Crippen LogP contribution in [0, 0.1) is 17.3 Å². The third-order valence-electron chi connectivity index (χ3n) is 12.1. The summed E-state index contributed by atoms with van der Waals surface area (Å²) in [5.74, 6) is -10.7. The van der Waals surface area contributed by atoms with Gasteiger partial charge in [0, 0.05) is 39.8 Å². The van der Waals surface area contributed by atoms with E-state index < -0.39 is 132 Å². The Morgan fingerprint density at radius 2 is 1.42 bits per heavy atom. The van der Waals surface area contributed by atoms with Crippen molar-refractivity contribution in [1.82, 2.24) is 4.98 Å². The molecule has 318 valence electrons. The Morgan fingerprint density at radius 1 is 0.814 bits per heavy atom. The first kappa shape index (κ1) is 43.1. The normalized spacial score (nSPS) is 37.4. The molecule has 1 saturated heterocycles. The van der Waals surface area contributed by atoms with E-state index in [1.54, 1.807) is 13.0 Å². The SMILES string of the molecule is CC(=O)OCC12C(OC(C)=O)C(OC(C)=O)C3C(O)C14OC3(C)COC(=O)c1cccnc1C(C)C(C)C(=O)OC(C(OC(=O)c1ccccc1)C2OC(C)=O)C4(C)O. The molecule has 13 atom stereocenters. The molecule has 1 aromatic carbocycles. The first-order valence-electron chi connectivity index (χ1n) is 19.0. The van der Waals surface area contributed by atoms with Gasteiger partial charge < -0.3 is 48.1 Å². The highest BCUT2D eigenvalue weighted by molar-refractivity contribution is 5.91. The molecule has 3 fully saturated rings. The summed E-state index contributed by atoms with van der Waals surface area (Å²) in [5.41, 5.74) is -10.2. The molecule has 2 aliphatic heterocycles. The number of carbonyl (C=O) groups excluding carboxylic acids is 7. The second-order valence-corrected chi connectivity index (χ2v) is 15.9. The number of pyridine rings is 1. The molecule has 1 spiro atoms. The third-order valence-corrected chi connectivity index (χ3v) is 12.1. The summed E-state index contributed by atoms with van der Waals surface area (Å²) in [6.45, 7) is 7.76. The van der Waals surface area contributed by atoms with Crippen LogP contribution in [0.25, 0.3) is 0 Å². The number of benzene rings is 1. The summed E-state index contributed by atoms with van der Waals surface area (Å²) in [6, 6.07) is 10.4. The highest BCUT2D eigenvalue weighted by Crippen LogP contribution is 2.69. The van der Waals surface area contributed by atoms with Crippen molar-refractivity contribution in [2.45, 2.75) is 115 Å². The van der Waals surface area contributed by atoms with Gasteiger partial charge in [0.15, 0.2) is 24.4 Å². The smallest absolute Gasteiger partial charge is 0.340 e. The molecule has 0 radical (unpaired) electrons. The molecule has 2 aliphatic carbocycles. The zero-order valence-corrected chi connectivity index (χ0v) is 33.7. The standard InChI is InChI=1S/C41H47NO17/c1-19-20(2)35(48)58-32-30(57-36(49)25-13-10-9-11-14-25)34(56-24(6)46)40(18-52-21(3)43)33(55-23(5)45)29(54-22(4)44)27-31(47)41(40,39(32,8)51)59-38(27,7)17-53-37(50)26-15-12-16-42-28(19)26/h9-16,19-20,27,29-34,47,51H,17-18H2,1-8H3. The van der Waals surface area contributed by atoms with Gasteiger partial charge in [-0.1, -0.05) is 32.0 Å². The molecule has 0 amide bonds. The maximum absolute atomic E-state index is 14.5. The van der Waals surface area contributed by atoms with E-state index >= 15 is 0 Å². The molecular formula is C41H47NO17. The number of aliphatic hydroxyl groups excluding tert-OH is 1. The number of nitrogens with zero attached hydrogens (tertiary/aromatic N) is 1. The maximum atomic E-state index is 14.5. The van der Waals surface area contributed by atoms with Crippen molar-refractivity contribution < 1.29 is 81.7 Å². The second-order valence-electron chi connectivity index (χ2n) is 15.9. The summed E-state index contributed by atoms with van der Waals surface area (Å²) in [7, 11) is 0. The van der Waals surface area contributed by atoms with Crippen LogP contribution < -0.4 is 0 Å². The second kappa shape index (κ2) is 15.6. The number of hydrogen-bond donors (Lipinski definition) is 2. The monoisotopic (exact) mass is 825 g/mol. The molecule has 4 aliphatic rings. The van der Waals surface area contributed by atoms with Crippen molar-refractivity contribution >= 4 is 41.8 Å². The average molecular weight is 826 g/mol. The molecule has 3 heterocycles. The van der Waals surface area contributed by atoms with E-state index in [1.165, 1.54) is 56.4 Å². The zero-order valence-electron chi connectivity index (χ0n) is 33.7. The van der Waals surface area contributed by atoms with Crippen LogP contribution in [-0.2, 0) is 61.9 Å². The van der Waals surface area contributed by atoms with Gasteiger partial charge in [-0.05, 0) is 38.1 Å². The summed E-state index contributed by atoms with van der Waals surface area (Å²) >= 11 is 0. The number of rotatable bonds is 7. The van der Waals surface area contributed by atoms with Gasteiger partial charge in [0.1, 0.15) is 41.5 Å². The van der Waals surface area contributed by atoms with Crippen molar-refractivity contribution in [3.05, 3.63) is 65.5 Å². The molecule has 2 saturated carbocycles. The van der Waals surface area contributed by atoms with Crippen LogP contribution in [0.4, 0.5) is 0 Å². The van der Waals surface area contributed by atoms with Gasteiger partial charge in [-0.25, -0.2) is 9.59 Å². The van der Waals surface area contributed by atoms with Crippen LogP contribution >= 0.6 is 0 Å². The van der Waals surface area contributed by atoms with Gasteiger partial charge in [-0.15, -0.1) is 0 Å². The first-order chi connectivity index (χ1) is 27.6. The molecule has 2 aromatic rings. The van der Waals surface area contributed by atoms with Gasteiger partial charge in [-0.3, -0.25) is 29.0 Å². The first-order valence-corrected chi connectivity index (χ1v) is 19.0. The number of esters is 7. The van der Waals surface area contributed by atoms with E-state index in [0.29, 0.717) is 0 Å². The lowest BCUT2D eigenvalue weighted by Gasteiger charge is -2.67. The van der Waals surface area contributed by atoms with Gasteiger partial charge >= 0.3 is 41.8 Å². The minimum atomic E-state index is -2.83. The van der Waals surface area contributed by atoms with E-state index in [1.807, 2.05) is 0 Å². The molecule has 18 heteroatoms. The van der Waals surface area contributed by atoms with Crippen LogP contribution in [-0.4, -0.2) is 124 Å². The predicted molar refractivity (Wildman–Crippen MR) is 196 cm³/mol. The van der Waals surface area contributed by atoms with Crippen molar-refractivity contribution in [3.63, 3.8) is 0 Å². The zero-order chi connectivity index (χ0) is 43.4. The maximum Gasteiger partial charge on any atom is 0.340 e. The van der Waals surface area contributed by atoms with Crippen LogP contribution in [0.5, 0.6) is 0 Å². The van der Waals surface area contributed by atoms with Gasteiger partial charge in [0.25, 0.3) is 0 Å². The number of ether oxygens (including phenoxy) is 8. The quantitative estimate of drug-likeness (QED) is 0.298. The minimum absolute atomic E-state index is 0.0321. The molecule has 18 nitrogen and oxygen atoms in total. The minimum Gasteiger partial charge on any atom is -0.465 e. The summed E-state index contributed by atoms with van der Waals surface area (Å²) < 4.78 is 48.6. The van der Waals surface area contributed by atoms with Crippen LogP contribution in [0.2, 0.25) is 0 Å².